The first-order chi connectivity index (χ1) is 7.02. The predicted molar refractivity (Wildman–Crippen MR) is 55.8 cm³/mol. The van der Waals surface area contributed by atoms with Crippen molar-refractivity contribution in [3.8, 4) is 0 Å². The molecule has 0 radical (unpaired) electrons. The molecule has 6 nitrogen and oxygen atoms in total. The van der Waals surface area contributed by atoms with Crippen molar-refractivity contribution < 1.29 is 9.72 Å². The molecule has 1 rings (SSSR count). The highest BCUT2D eigenvalue weighted by atomic mass is 32.2. The van der Waals surface area contributed by atoms with E-state index >= 15 is 0 Å². The SMILES string of the molecule is CN(C)C(=O)Sc1cccnc1[N+](=O)[O-]. The standard InChI is InChI=1S/C8H9N3O3S/c1-10(2)8(12)15-6-4-3-5-9-7(6)11(13)14/h3-5H,1-2H3. The second-order valence-corrected chi connectivity index (χ2v) is 3.84. The molecule has 15 heavy (non-hydrogen) atoms. The van der Waals surface area contributed by atoms with Crippen molar-refractivity contribution in [2.45, 2.75) is 4.90 Å². The number of hydrogen-bond donors (Lipinski definition) is 0. The summed E-state index contributed by atoms with van der Waals surface area (Å²) in [7, 11) is 3.16. The average Bonchev–Trinajstić information content (AvgIpc) is 2.18. The molecular formula is C8H9N3O3S. The molecule has 0 N–H and O–H groups in total. The molecule has 0 aliphatic rings. The summed E-state index contributed by atoms with van der Waals surface area (Å²) < 4.78 is 0. The third-order valence-corrected chi connectivity index (χ3v) is 2.56. The predicted octanol–water partition coefficient (Wildman–Crippen LogP) is 1.76. The molecule has 0 unspecified atom stereocenters. The van der Waals surface area contributed by atoms with Crippen molar-refractivity contribution in [1.29, 1.82) is 0 Å². The summed E-state index contributed by atoms with van der Waals surface area (Å²) in [4.78, 5) is 26.5. The third kappa shape index (κ3) is 2.91. The van der Waals surface area contributed by atoms with E-state index in [2.05, 4.69) is 4.98 Å². The number of aromatic nitrogens is 1. The summed E-state index contributed by atoms with van der Waals surface area (Å²) in [5.74, 6) is -0.294. The van der Waals surface area contributed by atoms with Gasteiger partial charge in [-0.1, -0.05) is 0 Å². The molecule has 0 bridgehead atoms. The number of rotatable bonds is 2. The van der Waals surface area contributed by atoms with Gasteiger partial charge in [-0.25, -0.2) is 0 Å². The Morgan fingerprint density at radius 2 is 2.27 bits per heavy atom. The molecule has 0 atom stereocenters. The second-order valence-electron chi connectivity index (χ2n) is 2.84. The molecule has 0 fully saturated rings. The monoisotopic (exact) mass is 227 g/mol. The van der Waals surface area contributed by atoms with Gasteiger partial charge in [-0.2, -0.15) is 0 Å². The van der Waals surface area contributed by atoms with Crippen LogP contribution in [0, 0.1) is 10.1 Å². The van der Waals surface area contributed by atoms with Gasteiger partial charge in [-0.15, -0.1) is 0 Å². The van der Waals surface area contributed by atoms with Gasteiger partial charge in [0.1, 0.15) is 11.1 Å². The number of amides is 1. The van der Waals surface area contributed by atoms with Gasteiger partial charge in [0.25, 0.3) is 5.24 Å². The Kier molecular flexibility index (Phi) is 3.62. The van der Waals surface area contributed by atoms with Crippen LogP contribution in [0.2, 0.25) is 0 Å². The van der Waals surface area contributed by atoms with Crippen molar-refractivity contribution in [2.24, 2.45) is 0 Å². The average molecular weight is 227 g/mol. The molecule has 0 aliphatic heterocycles. The van der Waals surface area contributed by atoms with E-state index < -0.39 is 4.92 Å². The van der Waals surface area contributed by atoms with E-state index in [1.165, 1.54) is 17.2 Å². The minimum Gasteiger partial charge on any atom is -0.358 e. The van der Waals surface area contributed by atoms with Crippen LogP contribution in [0.15, 0.2) is 23.2 Å². The Morgan fingerprint density at radius 1 is 1.60 bits per heavy atom. The van der Waals surface area contributed by atoms with Crippen molar-refractivity contribution >= 4 is 22.8 Å². The Labute approximate surface area is 90.4 Å². The van der Waals surface area contributed by atoms with Crippen LogP contribution in [-0.4, -0.2) is 34.1 Å². The van der Waals surface area contributed by atoms with Crippen LogP contribution in [0.25, 0.3) is 0 Å². The lowest BCUT2D eigenvalue weighted by Crippen LogP contribution is -2.16. The first kappa shape index (κ1) is 11.4. The van der Waals surface area contributed by atoms with Gasteiger partial charge in [0.2, 0.25) is 0 Å². The highest BCUT2D eigenvalue weighted by molar-refractivity contribution is 8.13. The van der Waals surface area contributed by atoms with E-state index in [4.69, 9.17) is 0 Å². The summed E-state index contributed by atoms with van der Waals surface area (Å²) in [6.07, 6.45) is 1.32. The summed E-state index contributed by atoms with van der Waals surface area (Å²) in [5.41, 5.74) is 0. The van der Waals surface area contributed by atoms with Crippen LogP contribution < -0.4 is 0 Å². The molecule has 1 aromatic rings. The topological polar surface area (TPSA) is 76.3 Å². The second kappa shape index (κ2) is 4.74. The van der Waals surface area contributed by atoms with Gasteiger partial charge in [-0.3, -0.25) is 4.79 Å². The normalized spacial score (nSPS) is 9.73. The van der Waals surface area contributed by atoms with Crippen molar-refractivity contribution in [3.63, 3.8) is 0 Å². The number of hydrogen-bond acceptors (Lipinski definition) is 5. The molecule has 80 valence electrons. The maximum absolute atomic E-state index is 11.3. The minimum absolute atomic E-state index is 0.251. The van der Waals surface area contributed by atoms with Crippen molar-refractivity contribution in [1.82, 2.24) is 9.88 Å². The van der Waals surface area contributed by atoms with Gasteiger partial charge in [-0.05, 0) is 33.8 Å². The van der Waals surface area contributed by atoms with Crippen LogP contribution in [0.1, 0.15) is 0 Å². The molecule has 1 aromatic heterocycles. The molecule has 7 heteroatoms. The van der Waals surface area contributed by atoms with E-state index in [1.807, 2.05) is 0 Å². The first-order valence-electron chi connectivity index (χ1n) is 4.01. The number of thioether (sulfide) groups is 1. The van der Waals surface area contributed by atoms with Gasteiger partial charge in [0.05, 0.1) is 0 Å². The Morgan fingerprint density at radius 3 is 2.80 bits per heavy atom. The van der Waals surface area contributed by atoms with Crippen LogP contribution in [0.5, 0.6) is 0 Å². The maximum Gasteiger partial charge on any atom is 0.377 e. The summed E-state index contributed by atoms with van der Waals surface area (Å²) in [6, 6.07) is 3.05. The first-order valence-corrected chi connectivity index (χ1v) is 4.82. The fourth-order valence-corrected chi connectivity index (χ4v) is 1.52. The number of carbonyl (C=O) groups excluding carboxylic acids is 1. The smallest absolute Gasteiger partial charge is 0.358 e. The lowest BCUT2D eigenvalue weighted by molar-refractivity contribution is -0.392. The Balaban J connectivity index is 2.94. The van der Waals surface area contributed by atoms with E-state index in [1.54, 1.807) is 20.2 Å². The van der Waals surface area contributed by atoms with Crippen LogP contribution >= 0.6 is 11.8 Å². The Bertz CT molecular complexity index is 394. The molecule has 0 saturated heterocycles. The van der Waals surface area contributed by atoms with Crippen LogP contribution in [0.4, 0.5) is 10.6 Å². The summed E-state index contributed by atoms with van der Waals surface area (Å²) in [6.45, 7) is 0. The number of carbonyl (C=O) groups is 1. The lowest BCUT2D eigenvalue weighted by atomic mass is 10.5. The van der Waals surface area contributed by atoms with Crippen LogP contribution in [0.3, 0.4) is 0 Å². The molecular weight excluding hydrogens is 218 g/mol. The van der Waals surface area contributed by atoms with Crippen molar-refractivity contribution in [2.75, 3.05) is 14.1 Å². The molecule has 1 heterocycles. The summed E-state index contributed by atoms with van der Waals surface area (Å²) in [5, 5.41) is 10.3. The minimum atomic E-state index is -0.606. The molecule has 0 aromatic carbocycles. The lowest BCUT2D eigenvalue weighted by Gasteiger charge is -2.08. The zero-order valence-corrected chi connectivity index (χ0v) is 9.02. The highest BCUT2D eigenvalue weighted by Gasteiger charge is 2.18. The zero-order valence-electron chi connectivity index (χ0n) is 8.21. The van der Waals surface area contributed by atoms with Crippen molar-refractivity contribution in [3.05, 3.63) is 28.4 Å². The molecule has 0 aliphatic carbocycles. The molecule has 0 saturated carbocycles. The molecule has 0 spiro atoms. The number of nitro groups is 1. The Hall–Kier alpha value is -1.63. The van der Waals surface area contributed by atoms with Gasteiger partial charge in [0, 0.05) is 14.1 Å². The van der Waals surface area contributed by atoms with E-state index in [-0.39, 0.29) is 16.0 Å². The summed E-state index contributed by atoms with van der Waals surface area (Å²) >= 11 is 0.789. The van der Waals surface area contributed by atoms with E-state index in [0.29, 0.717) is 0 Å². The third-order valence-electron chi connectivity index (χ3n) is 1.49. The largest absolute Gasteiger partial charge is 0.377 e. The quantitative estimate of drug-likeness (QED) is 0.437. The van der Waals surface area contributed by atoms with Gasteiger partial charge in [0.15, 0.2) is 0 Å². The van der Waals surface area contributed by atoms with Gasteiger partial charge < -0.3 is 15.0 Å². The van der Waals surface area contributed by atoms with Crippen LogP contribution in [-0.2, 0) is 0 Å². The molecule has 1 amide bonds. The number of nitrogens with zero attached hydrogens (tertiary/aromatic N) is 3. The van der Waals surface area contributed by atoms with Gasteiger partial charge >= 0.3 is 5.82 Å². The number of pyridine rings is 1. The fourth-order valence-electron chi connectivity index (χ4n) is 0.784. The highest BCUT2D eigenvalue weighted by Crippen LogP contribution is 2.27. The fraction of sp³-hybridized carbons (Fsp3) is 0.250. The zero-order chi connectivity index (χ0) is 11.4. The van der Waals surface area contributed by atoms with E-state index in [0.717, 1.165) is 11.8 Å². The maximum atomic E-state index is 11.3. The van der Waals surface area contributed by atoms with E-state index in [9.17, 15) is 14.9 Å².